The molecule has 0 saturated carbocycles. The summed E-state index contributed by atoms with van der Waals surface area (Å²) in [5, 5.41) is 1.20. The van der Waals surface area contributed by atoms with E-state index in [2.05, 4.69) is 0 Å². The van der Waals surface area contributed by atoms with Gasteiger partial charge in [-0.05, 0) is 35.2 Å². The summed E-state index contributed by atoms with van der Waals surface area (Å²) in [4.78, 5) is 0.860. The quantitative estimate of drug-likeness (QED) is 0.671. The van der Waals surface area contributed by atoms with E-state index in [1.165, 1.54) is 11.3 Å². The third-order valence-electron chi connectivity index (χ3n) is 3.13. The molecule has 1 unspecified atom stereocenters. The number of nitrogens with two attached hydrogens (primary N) is 1. The summed E-state index contributed by atoms with van der Waals surface area (Å²) < 4.78 is 27.5. The van der Waals surface area contributed by atoms with Crippen LogP contribution in [0.5, 0.6) is 0 Å². The topological polar surface area (TPSA) is 26.0 Å². The standard InChI is InChI=1S/C15H10ClF2NS/c16-10-7-12(18)11(17)6-9(10)15(19)14-5-8-3-1-2-4-13(8)20-14/h1-7,15H,19H2. The first-order valence-corrected chi connectivity index (χ1v) is 7.14. The third-order valence-corrected chi connectivity index (χ3v) is 4.65. The Morgan fingerprint density at radius 2 is 1.75 bits per heavy atom. The molecule has 0 fully saturated rings. The lowest BCUT2D eigenvalue weighted by atomic mass is 10.1. The molecule has 5 heteroatoms. The summed E-state index contributed by atoms with van der Waals surface area (Å²) in [7, 11) is 0. The molecule has 2 N–H and O–H groups in total. The summed E-state index contributed by atoms with van der Waals surface area (Å²) in [6, 6.07) is 11.2. The van der Waals surface area contributed by atoms with Crippen LogP contribution in [0.25, 0.3) is 10.1 Å². The molecule has 0 amide bonds. The van der Waals surface area contributed by atoms with E-state index in [9.17, 15) is 8.78 Å². The van der Waals surface area contributed by atoms with Gasteiger partial charge in [0, 0.05) is 14.6 Å². The molecule has 0 bridgehead atoms. The van der Waals surface area contributed by atoms with Crippen molar-refractivity contribution in [3.8, 4) is 0 Å². The molecule has 0 saturated heterocycles. The van der Waals surface area contributed by atoms with Gasteiger partial charge in [-0.3, -0.25) is 0 Å². The van der Waals surface area contributed by atoms with Gasteiger partial charge in [0.2, 0.25) is 0 Å². The van der Waals surface area contributed by atoms with Gasteiger partial charge in [0.1, 0.15) is 0 Å². The van der Waals surface area contributed by atoms with Gasteiger partial charge in [-0.15, -0.1) is 11.3 Å². The Morgan fingerprint density at radius 1 is 1.05 bits per heavy atom. The first-order valence-electron chi connectivity index (χ1n) is 5.95. The van der Waals surface area contributed by atoms with Crippen LogP contribution >= 0.6 is 22.9 Å². The molecular weight excluding hydrogens is 300 g/mol. The molecule has 1 atom stereocenters. The molecule has 2 aromatic carbocycles. The SMILES string of the molecule is NC(c1cc2ccccc2s1)c1cc(F)c(F)cc1Cl. The first kappa shape index (κ1) is 13.5. The molecule has 0 aliphatic heterocycles. The lowest BCUT2D eigenvalue weighted by molar-refractivity contribution is 0.506. The summed E-state index contributed by atoms with van der Waals surface area (Å²) in [5.41, 5.74) is 6.52. The van der Waals surface area contributed by atoms with Crippen LogP contribution in [0.15, 0.2) is 42.5 Å². The van der Waals surface area contributed by atoms with E-state index in [1.807, 2.05) is 30.3 Å². The van der Waals surface area contributed by atoms with E-state index < -0.39 is 17.7 Å². The lowest BCUT2D eigenvalue weighted by Crippen LogP contribution is -2.11. The van der Waals surface area contributed by atoms with Crippen LogP contribution in [0, 0.1) is 11.6 Å². The van der Waals surface area contributed by atoms with Crippen molar-refractivity contribution in [1.82, 2.24) is 0 Å². The maximum Gasteiger partial charge on any atom is 0.160 e. The molecule has 0 spiro atoms. The molecule has 3 rings (SSSR count). The van der Waals surface area contributed by atoms with E-state index >= 15 is 0 Å². The van der Waals surface area contributed by atoms with Crippen LogP contribution in [0.3, 0.4) is 0 Å². The zero-order valence-electron chi connectivity index (χ0n) is 10.2. The molecule has 3 aromatic rings. The monoisotopic (exact) mass is 309 g/mol. The van der Waals surface area contributed by atoms with Crippen molar-refractivity contribution in [2.24, 2.45) is 5.73 Å². The fourth-order valence-electron chi connectivity index (χ4n) is 2.09. The zero-order valence-corrected chi connectivity index (χ0v) is 11.8. The summed E-state index contributed by atoms with van der Waals surface area (Å²) in [6.45, 7) is 0. The average molecular weight is 310 g/mol. The zero-order chi connectivity index (χ0) is 14.3. The van der Waals surface area contributed by atoms with Crippen molar-refractivity contribution in [1.29, 1.82) is 0 Å². The fourth-order valence-corrected chi connectivity index (χ4v) is 3.44. The van der Waals surface area contributed by atoms with E-state index in [-0.39, 0.29) is 5.02 Å². The minimum absolute atomic E-state index is 0.133. The number of thiophene rings is 1. The van der Waals surface area contributed by atoms with E-state index in [0.717, 1.165) is 27.1 Å². The smallest absolute Gasteiger partial charge is 0.160 e. The van der Waals surface area contributed by atoms with Crippen LogP contribution in [0.2, 0.25) is 5.02 Å². The molecule has 1 nitrogen and oxygen atoms in total. The lowest BCUT2D eigenvalue weighted by Gasteiger charge is -2.12. The van der Waals surface area contributed by atoms with Crippen LogP contribution in [0.4, 0.5) is 8.78 Å². The second-order valence-corrected chi connectivity index (χ2v) is 5.97. The van der Waals surface area contributed by atoms with Gasteiger partial charge >= 0.3 is 0 Å². The Balaban J connectivity index is 2.07. The van der Waals surface area contributed by atoms with E-state index in [0.29, 0.717) is 5.56 Å². The molecule has 0 aliphatic carbocycles. The summed E-state index contributed by atoms with van der Waals surface area (Å²) in [6.07, 6.45) is 0. The molecule has 0 radical (unpaired) electrons. The molecule has 102 valence electrons. The van der Waals surface area contributed by atoms with Crippen LogP contribution in [-0.4, -0.2) is 0 Å². The number of hydrogen-bond acceptors (Lipinski definition) is 2. The van der Waals surface area contributed by atoms with Crippen LogP contribution < -0.4 is 5.73 Å². The Morgan fingerprint density at radius 3 is 2.50 bits per heavy atom. The van der Waals surface area contributed by atoms with Gasteiger partial charge in [0.15, 0.2) is 11.6 Å². The second-order valence-electron chi connectivity index (χ2n) is 4.45. The van der Waals surface area contributed by atoms with Gasteiger partial charge < -0.3 is 5.73 Å². The predicted octanol–water partition coefficient (Wildman–Crippen LogP) is 4.88. The summed E-state index contributed by atoms with van der Waals surface area (Å²) >= 11 is 7.48. The average Bonchev–Trinajstić information content (AvgIpc) is 2.86. The Bertz CT molecular complexity index is 752. The minimum Gasteiger partial charge on any atom is -0.320 e. The van der Waals surface area contributed by atoms with Gasteiger partial charge in [-0.2, -0.15) is 0 Å². The van der Waals surface area contributed by atoms with Gasteiger partial charge in [0.25, 0.3) is 0 Å². The normalized spacial score (nSPS) is 12.8. The molecular formula is C15H10ClF2NS. The molecule has 0 aliphatic rings. The Hall–Kier alpha value is -1.49. The number of hydrogen-bond donors (Lipinski definition) is 1. The highest BCUT2D eigenvalue weighted by molar-refractivity contribution is 7.19. The molecule has 1 heterocycles. The molecule has 20 heavy (non-hydrogen) atoms. The summed E-state index contributed by atoms with van der Waals surface area (Å²) in [5.74, 6) is -1.91. The highest BCUT2D eigenvalue weighted by atomic mass is 35.5. The maximum atomic E-state index is 13.4. The number of fused-ring (bicyclic) bond motifs is 1. The van der Waals surface area contributed by atoms with Gasteiger partial charge in [-0.1, -0.05) is 29.8 Å². The minimum atomic E-state index is -0.970. The first-order chi connectivity index (χ1) is 9.56. The van der Waals surface area contributed by atoms with Crippen molar-refractivity contribution in [2.45, 2.75) is 6.04 Å². The van der Waals surface area contributed by atoms with Crippen molar-refractivity contribution in [3.63, 3.8) is 0 Å². The van der Waals surface area contributed by atoms with Gasteiger partial charge in [-0.25, -0.2) is 8.78 Å². The van der Waals surface area contributed by atoms with Gasteiger partial charge in [0.05, 0.1) is 6.04 Å². The van der Waals surface area contributed by atoms with E-state index in [1.54, 1.807) is 0 Å². The number of benzene rings is 2. The molecule has 1 aromatic heterocycles. The van der Waals surface area contributed by atoms with Crippen molar-refractivity contribution >= 4 is 33.0 Å². The highest BCUT2D eigenvalue weighted by Crippen LogP contribution is 2.35. The third kappa shape index (κ3) is 2.30. The Labute approximate surface area is 123 Å². The van der Waals surface area contributed by atoms with Crippen LogP contribution in [-0.2, 0) is 0 Å². The highest BCUT2D eigenvalue weighted by Gasteiger charge is 2.18. The van der Waals surface area contributed by atoms with Crippen LogP contribution in [0.1, 0.15) is 16.5 Å². The van der Waals surface area contributed by atoms with Crippen molar-refractivity contribution < 1.29 is 8.78 Å². The number of halogens is 3. The Kier molecular flexibility index (Phi) is 3.46. The predicted molar refractivity (Wildman–Crippen MR) is 79.2 cm³/mol. The van der Waals surface area contributed by atoms with Crippen molar-refractivity contribution in [2.75, 3.05) is 0 Å². The van der Waals surface area contributed by atoms with E-state index in [4.69, 9.17) is 17.3 Å². The second kappa shape index (κ2) is 5.13. The fraction of sp³-hybridized carbons (Fsp3) is 0.0667. The van der Waals surface area contributed by atoms with Crippen molar-refractivity contribution in [3.05, 3.63) is 69.6 Å². The number of rotatable bonds is 2. The largest absolute Gasteiger partial charge is 0.320 e. The maximum absolute atomic E-state index is 13.4.